The van der Waals surface area contributed by atoms with E-state index in [-0.39, 0.29) is 17.9 Å². The molecule has 4 heteroatoms. The van der Waals surface area contributed by atoms with Crippen LogP contribution in [0.2, 0.25) is 0 Å². The largest absolute Gasteiger partial charge is 0.350 e. The summed E-state index contributed by atoms with van der Waals surface area (Å²) in [5.74, 6) is 0.644. The molecule has 0 saturated carbocycles. The summed E-state index contributed by atoms with van der Waals surface area (Å²) < 4.78 is 0. The molecule has 1 aromatic carbocycles. The van der Waals surface area contributed by atoms with Crippen molar-refractivity contribution in [1.82, 2.24) is 5.32 Å². The third-order valence-electron chi connectivity index (χ3n) is 3.70. The number of hydrogen-bond donors (Lipinski definition) is 2. The molecule has 0 unspecified atom stereocenters. The maximum absolute atomic E-state index is 12.2. The minimum Gasteiger partial charge on any atom is -0.350 e. The van der Waals surface area contributed by atoms with E-state index in [0.29, 0.717) is 17.9 Å². The van der Waals surface area contributed by atoms with E-state index in [1.165, 1.54) is 6.42 Å². The quantitative estimate of drug-likeness (QED) is 0.710. The second-order valence-corrected chi connectivity index (χ2v) is 6.57. The molecule has 0 bridgehead atoms. The van der Waals surface area contributed by atoms with E-state index in [4.69, 9.17) is 0 Å². The Hall–Kier alpha value is -1.84. The molecule has 0 aliphatic carbocycles. The van der Waals surface area contributed by atoms with Crippen molar-refractivity contribution < 1.29 is 9.59 Å². The van der Waals surface area contributed by atoms with Crippen LogP contribution in [0.5, 0.6) is 0 Å². The van der Waals surface area contributed by atoms with Gasteiger partial charge in [-0.05, 0) is 49.9 Å². The van der Waals surface area contributed by atoms with Gasteiger partial charge in [-0.1, -0.05) is 33.6 Å². The summed E-state index contributed by atoms with van der Waals surface area (Å²) in [5.41, 5.74) is 1.35. The summed E-state index contributed by atoms with van der Waals surface area (Å²) in [4.78, 5) is 23.7. The lowest BCUT2D eigenvalue weighted by molar-refractivity contribution is -0.116. The Balaban J connectivity index is 2.45. The fraction of sp³-hybridized carbons (Fsp3) is 0.579. The lowest BCUT2D eigenvalue weighted by Gasteiger charge is -2.15. The van der Waals surface area contributed by atoms with Crippen LogP contribution in [-0.4, -0.2) is 17.9 Å². The number of hydrogen-bond acceptors (Lipinski definition) is 2. The average molecular weight is 318 g/mol. The van der Waals surface area contributed by atoms with Gasteiger partial charge in [-0.3, -0.25) is 9.59 Å². The molecule has 128 valence electrons. The van der Waals surface area contributed by atoms with Crippen LogP contribution in [0, 0.1) is 5.92 Å². The van der Waals surface area contributed by atoms with Gasteiger partial charge < -0.3 is 10.6 Å². The fourth-order valence-electron chi connectivity index (χ4n) is 2.37. The maximum Gasteiger partial charge on any atom is 0.251 e. The van der Waals surface area contributed by atoms with E-state index in [9.17, 15) is 9.59 Å². The summed E-state index contributed by atoms with van der Waals surface area (Å²) in [7, 11) is 0. The Morgan fingerprint density at radius 1 is 1.04 bits per heavy atom. The van der Waals surface area contributed by atoms with Gasteiger partial charge in [-0.2, -0.15) is 0 Å². The van der Waals surface area contributed by atoms with Gasteiger partial charge in [0.1, 0.15) is 0 Å². The van der Waals surface area contributed by atoms with Gasteiger partial charge >= 0.3 is 0 Å². The molecule has 1 rings (SSSR count). The number of amides is 2. The Morgan fingerprint density at radius 2 is 1.70 bits per heavy atom. The predicted octanol–water partition coefficient (Wildman–Crippen LogP) is 4.37. The maximum atomic E-state index is 12.2. The summed E-state index contributed by atoms with van der Waals surface area (Å²) in [6, 6.07) is 7.21. The van der Waals surface area contributed by atoms with Crippen molar-refractivity contribution in [1.29, 1.82) is 0 Å². The molecular formula is C19H30N2O2. The number of nitrogens with one attached hydrogen (secondary N) is 2. The zero-order chi connectivity index (χ0) is 17.2. The highest BCUT2D eigenvalue weighted by Gasteiger charge is 2.10. The zero-order valence-corrected chi connectivity index (χ0v) is 14.8. The SMILES string of the molecule is CCCC(=O)Nc1ccc(C(=O)N[C@@H](C)CCCC(C)C)cc1. The molecule has 0 spiro atoms. The van der Waals surface area contributed by atoms with Gasteiger partial charge in [0.25, 0.3) is 5.91 Å². The summed E-state index contributed by atoms with van der Waals surface area (Å²) in [6.07, 6.45) is 4.64. The van der Waals surface area contributed by atoms with E-state index in [1.54, 1.807) is 24.3 Å². The van der Waals surface area contributed by atoms with Crippen molar-refractivity contribution in [3.05, 3.63) is 29.8 Å². The van der Waals surface area contributed by atoms with E-state index >= 15 is 0 Å². The Kier molecular flexibility index (Phi) is 8.38. The molecule has 0 aromatic heterocycles. The topological polar surface area (TPSA) is 58.2 Å². The van der Waals surface area contributed by atoms with Gasteiger partial charge in [0.05, 0.1) is 0 Å². The van der Waals surface area contributed by atoms with Crippen molar-refractivity contribution in [2.45, 2.75) is 65.8 Å². The van der Waals surface area contributed by atoms with Crippen LogP contribution in [0.3, 0.4) is 0 Å². The number of benzene rings is 1. The highest BCUT2D eigenvalue weighted by molar-refractivity contribution is 5.95. The first-order valence-corrected chi connectivity index (χ1v) is 8.63. The van der Waals surface area contributed by atoms with Crippen LogP contribution in [0.15, 0.2) is 24.3 Å². The van der Waals surface area contributed by atoms with Crippen molar-refractivity contribution in [2.75, 3.05) is 5.32 Å². The first-order valence-electron chi connectivity index (χ1n) is 8.63. The molecule has 2 amide bonds. The third-order valence-corrected chi connectivity index (χ3v) is 3.70. The Bertz CT molecular complexity index is 495. The van der Waals surface area contributed by atoms with Crippen LogP contribution >= 0.6 is 0 Å². The van der Waals surface area contributed by atoms with E-state index in [0.717, 1.165) is 24.9 Å². The smallest absolute Gasteiger partial charge is 0.251 e. The molecule has 0 saturated heterocycles. The Labute approximate surface area is 140 Å². The van der Waals surface area contributed by atoms with Gasteiger partial charge in [-0.25, -0.2) is 0 Å². The van der Waals surface area contributed by atoms with Crippen LogP contribution in [0.25, 0.3) is 0 Å². The molecule has 1 atom stereocenters. The minimum absolute atomic E-state index is 0.00322. The normalized spacial score (nSPS) is 12.0. The van der Waals surface area contributed by atoms with E-state index < -0.39 is 0 Å². The number of carbonyl (C=O) groups excluding carboxylic acids is 2. The number of anilines is 1. The number of carbonyl (C=O) groups is 2. The minimum atomic E-state index is -0.0616. The molecule has 4 nitrogen and oxygen atoms in total. The first-order chi connectivity index (χ1) is 10.9. The molecule has 0 heterocycles. The summed E-state index contributed by atoms with van der Waals surface area (Å²) in [6.45, 7) is 8.43. The van der Waals surface area contributed by atoms with Crippen molar-refractivity contribution in [3.63, 3.8) is 0 Å². The van der Waals surface area contributed by atoms with Crippen molar-refractivity contribution in [2.24, 2.45) is 5.92 Å². The van der Waals surface area contributed by atoms with Crippen LogP contribution in [-0.2, 0) is 4.79 Å². The van der Waals surface area contributed by atoms with E-state index in [2.05, 4.69) is 24.5 Å². The number of rotatable bonds is 9. The molecule has 0 aliphatic rings. The average Bonchev–Trinajstić information content (AvgIpc) is 2.47. The first kappa shape index (κ1) is 19.2. The van der Waals surface area contributed by atoms with Crippen LogP contribution in [0.4, 0.5) is 5.69 Å². The summed E-state index contributed by atoms with van der Waals surface area (Å²) >= 11 is 0. The van der Waals surface area contributed by atoms with Gasteiger partial charge in [0.2, 0.25) is 5.91 Å². The predicted molar refractivity (Wildman–Crippen MR) is 95.6 cm³/mol. The van der Waals surface area contributed by atoms with Gasteiger partial charge in [-0.15, -0.1) is 0 Å². The molecule has 0 radical (unpaired) electrons. The second-order valence-electron chi connectivity index (χ2n) is 6.57. The van der Waals surface area contributed by atoms with Crippen LogP contribution < -0.4 is 10.6 Å². The molecular weight excluding hydrogens is 288 g/mol. The lowest BCUT2D eigenvalue weighted by Crippen LogP contribution is -2.32. The van der Waals surface area contributed by atoms with E-state index in [1.807, 2.05) is 13.8 Å². The molecule has 0 aliphatic heterocycles. The monoisotopic (exact) mass is 318 g/mol. The van der Waals surface area contributed by atoms with Crippen LogP contribution in [0.1, 0.15) is 70.2 Å². The standard InChI is InChI=1S/C19H30N2O2/c1-5-7-18(22)21-17-12-10-16(11-13-17)19(23)20-15(4)9-6-8-14(2)3/h10-15H,5-9H2,1-4H3,(H,20,23)(H,21,22)/t15-/m0/s1. The fourth-order valence-corrected chi connectivity index (χ4v) is 2.37. The summed E-state index contributed by atoms with van der Waals surface area (Å²) in [5, 5.41) is 5.84. The Morgan fingerprint density at radius 3 is 2.26 bits per heavy atom. The van der Waals surface area contributed by atoms with Gasteiger partial charge in [0, 0.05) is 23.7 Å². The molecule has 1 aromatic rings. The molecule has 23 heavy (non-hydrogen) atoms. The van der Waals surface area contributed by atoms with Crippen molar-refractivity contribution >= 4 is 17.5 Å². The molecule has 2 N–H and O–H groups in total. The zero-order valence-electron chi connectivity index (χ0n) is 14.8. The van der Waals surface area contributed by atoms with Gasteiger partial charge in [0.15, 0.2) is 0 Å². The van der Waals surface area contributed by atoms with Crippen molar-refractivity contribution in [3.8, 4) is 0 Å². The second kappa shape index (κ2) is 10.0. The lowest BCUT2D eigenvalue weighted by atomic mass is 10.0. The third kappa shape index (κ3) is 7.82. The highest BCUT2D eigenvalue weighted by atomic mass is 16.2. The highest BCUT2D eigenvalue weighted by Crippen LogP contribution is 2.12. The molecule has 0 fully saturated rings.